The van der Waals surface area contributed by atoms with Crippen molar-refractivity contribution in [2.24, 2.45) is 0 Å². The number of hydrogen-bond donors (Lipinski definition) is 1. The SMILES string of the molecule is CC(NC(=O)c1ccco1)C(=O)OCc1cn2ccccc2c1C#N. The number of carbonyl (C=O) groups is 2. The number of hydrogen-bond acceptors (Lipinski definition) is 5. The summed E-state index contributed by atoms with van der Waals surface area (Å²) in [6.07, 6.45) is 4.93. The predicted octanol–water partition coefficient (Wildman–Crippen LogP) is 2.27. The van der Waals surface area contributed by atoms with Crippen molar-refractivity contribution < 1.29 is 18.7 Å². The van der Waals surface area contributed by atoms with E-state index in [9.17, 15) is 14.9 Å². The van der Waals surface area contributed by atoms with Crippen molar-refractivity contribution in [3.8, 4) is 6.07 Å². The summed E-state index contributed by atoms with van der Waals surface area (Å²) in [5.74, 6) is -0.981. The maximum atomic E-state index is 12.1. The van der Waals surface area contributed by atoms with E-state index in [1.165, 1.54) is 19.3 Å². The number of rotatable bonds is 5. The van der Waals surface area contributed by atoms with Crippen LogP contribution in [0.2, 0.25) is 0 Å². The molecule has 0 aromatic carbocycles. The summed E-state index contributed by atoms with van der Waals surface area (Å²) >= 11 is 0. The number of fused-ring (bicyclic) bond motifs is 1. The summed E-state index contributed by atoms with van der Waals surface area (Å²) in [6.45, 7) is 1.47. The predicted molar refractivity (Wildman–Crippen MR) is 87.5 cm³/mol. The molecule has 0 bridgehead atoms. The fraction of sp³-hybridized carbons (Fsp3) is 0.167. The second kappa shape index (κ2) is 6.93. The van der Waals surface area contributed by atoms with Crippen molar-refractivity contribution in [2.75, 3.05) is 0 Å². The van der Waals surface area contributed by atoms with Crippen molar-refractivity contribution in [1.82, 2.24) is 9.72 Å². The molecular formula is C18H15N3O4. The number of nitriles is 1. The largest absolute Gasteiger partial charge is 0.459 e. The van der Waals surface area contributed by atoms with Crippen LogP contribution in [0.25, 0.3) is 5.52 Å². The lowest BCUT2D eigenvalue weighted by Gasteiger charge is -2.12. The minimum absolute atomic E-state index is 0.0512. The van der Waals surface area contributed by atoms with Crippen LogP contribution in [0.5, 0.6) is 0 Å². The fourth-order valence-corrected chi connectivity index (χ4v) is 2.42. The third kappa shape index (κ3) is 3.38. The monoisotopic (exact) mass is 337 g/mol. The Balaban J connectivity index is 1.64. The Labute approximate surface area is 143 Å². The summed E-state index contributed by atoms with van der Waals surface area (Å²) in [5, 5.41) is 11.8. The lowest BCUT2D eigenvalue weighted by molar-refractivity contribution is -0.146. The van der Waals surface area contributed by atoms with E-state index in [0.29, 0.717) is 11.1 Å². The molecule has 1 atom stereocenters. The van der Waals surface area contributed by atoms with Crippen LogP contribution in [-0.2, 0) is 16.1 Å². The fourth-order valence-electron chi connectivity index (χ4n) is 2.42. The number of pyridine rings is 1. The van der Waals surface area contributed by atoms with Gasteiger partial charge >= 0.3 is 5.97 Å². The van der Waals surface area contributed by atoms with E-state index in [2.05, 4.69) is 11.4 Å². The van der Waals surface area contributed by atoms with Crippen LogP contribution in [0, 0.1) is 11.3 Å². The van der Waals surface area contributed by atoms with E-state index >= 15 is 0 Å². The molecule has 1 unspecified atom stereocenters. The third-order valence-corrected chi connectivity index (χ3v) is 3.69. The van der Waals surface area contributed by atoms with E-state index in [1.54, 1.807) is 16.7 Å². The Morgan fingerprint density at radius 3 is 2.92 bits per heavy atom. The Morgan fingerprint density at radius 2 is 2.20 bits per heavy atom. The van der Waals surface area contributed by atoms with Gasteiger partial charge in [-0.25, -0.2) is 4.79 Å². The van der Waals surface area contributed by atoms with Crippen LogP contribution in [0.1, 0.15) is 28.6 Å². The van der Waals surface area contributed by atoms with Gasteiger partial charge in [-0.1, -0.05) is 6.07 Å². The molecule has 1 N–H and O–H groups in total. The smallest absolute Gasteiger partial charge is 0.328 e. The highest BCUT2D eigenvalue weighted by Gasteiger charge is 2.20. The van der Waals surface area contributed by atoms with Gasteiger partial charge in [-0.2, -0.15) is 5.26 Å². The number of nitrogens with one attached hydrogen (secondary N) is 1. The molecule has 0 aliphatic carbocycles. The highest BCUT2D eigenvalue weighted by atomic mass is 16.5. The Bertz CT molecular complexity index is 951. The molecule has 25 heavy (non-hydrogen) atoms. The summed E-state index contributed by atoms with van der Waals surface area (Å²) in [4.78, 5) is 23.9. The van der Waals surface area contributed by atoms with Crippen LogP contribution >= 0.6 is 0 Å². The molecular weight excluding hydrogens is 322 g/mol. The van der Waals surface area contributed by atoms with Crippen molar-refractivity contribution in [3.63, 3.8) is 0 Å². The van der Waals surface area contributed by atoms with Gasteiger partial charge < -0.3 is 18.9 Å². The molecule has 3 aromatic rings. The second-order valence-electron chi connectivity index (χ2n) is 5.41. The molecule has 3 aromatic heterocycles. The molecule has 1 amide bonds. The number of esters is 1. The van der Waals surface area contributed by atoms with E-state index in [4.69, 9.17) is 9.15 Å². The summed E-state index contributed by atoms with van der Waals surface area (Å²) < 4.78 is 12.0. The van der Waals surface area contributed by atoms with Crippen molar-refractivity contribution in [2.45, 2.75) is 19.6 Å². The highest BCUT2D eigenvalue weighted by molar-refractivity contribution is 5.94. The first-order valence-corrected chi connectivity index (χ1v) is 7.60. The standard InChI is InChI=1S/C18H15N3O4/c1-12(20-17(22)16-6-4-8-24-16)18(23)25-11-13-10-21-7-3-2-5-15(21)14(13)9-19/h2-8,10,12H,11H2,1H3,(H,20,22). The summed E-state index contributed by atoms with van der Waals surface area (Å²) in [7, 11) is 0. The van der Waals surface area contributed by atoms with Gasteiger partial charge in [0.25, 0.3) is 5.91 Å². The maximum Gasteiger partial charge on any atom is 0.328 e. The highest BCUT2D eigenvalue weighted by Crippen LogP contribution is 2.18. The van der Waals surface area contributed by atoms with Gasteiger partial charge in [0, 0.05) is 18.0 Å². The van der Waals surface area contributed by atoms with Crippen molar-refractivity contribution in [1.29, 1.82) is 5.26 Å². The Kier molecular flexibility index (Phi) is 4.53. The van der Waals surface area contributed by atoms with Gasteiger partial charge in [-0.3, -0.25) is 4.79 Å². The average molecular weight is 337 g/mol. The molecule has 3 rings (SSSR count). The number of ether oxygens (including phenoxy) is 1. The first-order valence-electron chi connectivity index (χ1n) is 7.60. The average Bonchev–Trinajstić information content (AvgIpc) is 3.26. The molecule has 7 nitrogen and oxygen atoms in total. The molecule has 0 radical (unpaired) electrons. The number of nitrogens with zero attached hydrogens (tertiary/aromatic N) is 2. The third-order valence-electron chi connectivity index (χ3n) is 3.69. The van der Waals surface area contributed by atoms with Crippen LogP contribution in [0.4, 0.5) is 0 Å². The lowest BCUT2D eigenvalue weighted by atomic mass is 10.2. The van der Waals surface area contributed by atoms with E-state index in [1.807, 2.05) is 24.4 Å². The van der Waals surface area contributed by atoms with Gasteiger partial charge in [0.2, 0.25) is 0 Å². The van der Waals surface area contributed by atoms with Gasteiger partial charge in [0.05, 0.1) is 17.3 Å². The zero-order chi connectivity index (χ0) is 17.8. The Morgan fingerprint density at radius 1 is 1.36 bits per heavy atom. The van der Waals surface area contributed by atoms with Crippen LogP contribution in [-0.4, -0.2) is 22.3 Å². The molecule has 0 aliphatic heterocycles. The zero-order valence-electron chi connectivity index (χ0n) is 13.4. The molecule has 0 fully saturated rings. The quantitative estimate of drug-likeness (QED) is 0.720. The minimum atomic E-state index is -0.847. The number of amides is 1. The van der Waals surface area contributed by atoms with Gasteiger partial charge in [0.1, 0.15) is 18.7 Å². The van der Waals surface area contributed by atoms with E-state index < -0.39 is 17.9 Å². The maximum absolute atomic E-state index is 12.1. The first-order chi connectivity index (χ1) is 12.1. The molecule has 0 saturated carbocycles. The first kappa shape index (κ1) is 16.3. The second-order valence-corrected chi connectivity index (χ2v) is 5.41. The van der Waals surface area contributed by atoms with Crippen LogP contribution in [0.15, 0.2) is 53.4 Å². The normalized spacial score (nSPS) is 11.7. The molecule has 7 heteroatoms. The van der Waals surface area contributed by atoms with Gasteiger partial charge in [-0.05, 0) is 31.2 Å². The number of carbonyl (C=O) groups excluding carboxylic acids is 2. The van der Waals surface area contributed by atoms with Gasteiger partial charge in [-0.15, -0.1) is 0 Å². The molecule has 3 heterocycles. The van der Waals surface area contributed by atoms with Gasteiger partial charge in [0.15, 0.2) is 5.76 Å². The molecule has 0 spiro atoms. The van der Waals surface area contributed by atoms with E-state index in [0.717, 1.165) is 5.52 Å². The van der Waals surface area contributed by atoms with Crippen molar-refractivity contribution >= 4 is 17.4 Å². The van der Waals surface area contributed by atoms with Crippen LogP contribution in [0.3, 0.4) is 0 Å². The summed E-state index contributed by atoms with van der Waals surface area (Å²) in [5.41, 5.74) is 1.81. The van der Waals surface area contributed by atoms with Crippen LogP contribution < -0.4 is 5.32 Å². The molecule has 126 valence electrons. The van der Waals surface area contributed by atoms with E-state index in [-0.39, 0.29) is 12.4 Å². The molecule has 0 aliphatic rings. The zero-order valence-corrected chi connectivity index (χ0v) is 13.4. The number of furan rings is 1. The van der Waals surface area contributed by atoms with Crippen molar-refractivity contribution in [3.05, 3.63) is 65.9 Å². The topological polar surface area (TPSA) is 96.7 Å². The molecule has 0 saturated heterocycles. The Hall–Kier alpha value is -3.53. The number of aromatic nitrogens is 1. The summed E-state index contributed by atoms with van der Waals surface area (Å²) in [6, 6.07) is 9.85. The minimum Gasteiger partial charge on any atom is -0.459 e. The lowest BCUT2D eigenvalue weighted by Crippen LogP contribution is -2.39.